The Labute approximate surface area is 103 Å². The molecular weight excluding hydrogens is 230 g/mol. The Morgan fingerprint density at radius 1 is 0.833 bits per heavy atom. The van der Waals surface area contributed by atoms with Crippen molar-refractivity contribution in [1.82, 2.24) is 0 Å². The number of nitrogens with one attached hydrogen (secondary N) is 1. The zero-order valence-electron chi connectivity index (χ0n) is 9.27. The van der Waals surface area contributed by atoms with Crippen LogP contribution in [0.4, 0.5) is 0 Å². The number of benzene rings is 2. The van der Waals surface area contributed by atoms with Crippen molar-refractivity contribution in [3.8, 4) is 11.5 Å². The molecule has 0 amide bonds. The van der Waals surface area contributed by atoms with Crippen LogP contribution in [0.15, 0.2) is 36.4 Å². The second kappa shape index (κ2) is 3.43. The summed E-state index contributed by atoms with van der Waals surface area (Å²) in [5.41, 5.74) is 0.984. The predicted molar refractivity (Wildman–Crippen MR) is 65.6 cm³/mol. The van der Waals surface area contributed by atoms with Crippen LogP contribution in [0.2, 0.25) is 0 Å². The molecule has 0 saturated carbocycles. The minimum atomic E-state index is -0.370. The normalized spacial score (nSPS) is 13.1. The van der Waals surface area contributed by atoms with Crippen LogP contribution in [-0.2, 0) is 0 Å². The zero-order valence-corrected chi connectivity index (χ0v) is 9.27. The van der Waals surface area contributed by atoms with Crippen LogP contribution >= 0.6 is 0 Å². The van der Waals surface area contributed by atoms with E-state index >= 15 is 0 Å². The van der Waals surface area contributed by atoms with E-state index in [0.717, 1.165) is 0 Å². The van der Waals surface area contributed by atoms with Gasteiger partial charge in [-0.2, -0.15) is 0 Å². The Balaban J connectivity index is 2.41. The highest BCUT2D eigenvalue weighted by Crippen LogP contribution is 2.37. The minimum absolute atomic E-state index is 0.00120. The summed E-state index contributed by atoms with van der Waals surface area (Å²) in [6.45, 7) is 0. The first-order valence-corrected chi connectivity index (χ1v) is 5.39. The third-order valence-electron chi connectivity index (χ3n) is 3.08. The van der Waals surface area contributed by atoms with E-state index in [9.17, 15) is 15.0 Å². The van der Waals surface area contributed by atoms with E-state index in [1.165, 1.54) is 12.1 Å². The van der Waals surface area contributed by atoms with E-state index in [1.54, 1.807) is 24.3 Å². The van der Waals surface area contributed by atoms with E-state index in [1.807, 2.05) is 0 Å². The van der Waals surface area contributed by atoms with Gasteiger partial charge in [0.1, 0.15) is 11.5 Å². The first kappa shape index (κ1) is 10.5. The highest BCUT2D eigenvalue weighted by molar-refractivity contribution is 6.30. The van der Waals surface area contributed by atoms with Crippen molar-refractivity contribution in [2.75, 3.05) is 0 Å². The maximum Gasteiger partial charge on any atom is 0.198 e. The van der Waals surface area contributed by atoms with Gasteiger partial charge in [0, 0.05) is 11.1 Å². The first-order valence-electron chi connectivity index (χ1n) is 5.39. The van der Waals surface area contributed by atoms with Crippen LogP contribution < -0.4 is 0 Å². The molecule has 1 aliphatic rings. The summed E-state index contributed by atoms with van der Waals surface area (Å²) in [7, 11) is 0. The quantitative estimate of drug-likeness (QED) is 0.525. The summed E-state index contributed by atoms with van der Waals surface area (Å²) >= 11 is 0. The Bertz CT molecular complexity index is 644. The summed E-state index contributed by atoms with van der Waals surface area (Å²) < 4.78 is 0. The lowest BCUT2D eigenvalue weighted by molar-refractivity contribution is 0.103. The Hall–Kier alpha value is -2.62. The molecule has 0 saturated heterocycles. The summed E-state index contributed by atoms with van der Waals surface area (Å²) in [4.78, 5) is 12.3. The van der Waals surface area contributed by atoms with Gasteiger partial charge in [0.05, 0.1) is 16.8 Å². The fourth-order valence-corrected chi connectivity index (χ4v) is 2.23. The molecular formula is C14H9NO3. The first-order chi connectivity index (χ1) is 8.61. The molecule has 0 spiro atoms. The molecule has 0 aromatic heterocycles. The summed E-state index contributed by atoms with van der Waals surface area (Å²) in [6, 6.07) is 9.23. The maximum absolute atomic E-state index is 12.3. The van der Waals surface area contributed by atoms with Gasteiger partial charge in [0.25, 0.3) is 0 Å². The molecule has 0 fully saturated rings. The standard InChI is InChI=1S/C14H9NO3/c15-13-7-3-1-2-4-8(7)14(18)12-10(17)6-5-9(16)11(12)13/h1-6,15-17H. The number of phenolic OH excluding ortho intramolecular Hbond substituents is 2. The fraction of sp³-hybridized carbons (Fsp3) is 0. The molecule has 1 aliphatic carbocycles. The molecule has 3 rings (SSSR count). The maximum atomic E-state index is 12.3. The number of hydrogen-bond acceptors (Lipinski definition) is 4. The SMILES string of the molecule is N=C1c2ccccc2C(=O)c2c(O)ccc(O)c21. The van der Waals surface area contributed by atoms with Crippen molar-refractivity contribution in [3.63, 3.8) is 0 Å². The molecule has 4 heteroatoms. The van der Waals surface area contributed by atoms with Gasteiger partial charge in [-0.25, -0.2) is 0 Å². The molecule has 0 bridgehead atoms. The lowest BCUT2D eigenvalue weighted by Gasteiger charge is -2.20. The molecule has 2 aromatic rings. The Morgan fingerprint density at radius 2 is 1.39 bits per heavy atom. The van der Waals surface area contributed by atoms with Crippen molar-refractivity contribution >= 4 is 11.5 Å². The molecule has 0 unspecified atom stereocenters. The number of rotatable bonds is 0. The van der Waals surface area contributed by atoms with E-state index < -0.39 is 0 Å². The van der Waals surface area contributed by atoms with Gasteiger partial charge in [-0.15, -0.1) is 0 Å². The highest BCUT2D eigenvalue weighted by atomic mass is 16.3. The number of phenols is 2. The third-order valence-corrected chi connectivity index (χ3v) is 3.08. The van der Waals surface area contributed by atoms with E-state index in [0.29, 0.717) is 11.1 Å². The Morgan fingerprint density at radius 3 is 2.06 bits per heavy atom. The second-order valence-electron chi connectivity index (χ2n) is 4.10. The van der Waals surface area contributed by atoms with Crippen LogP contribution in [0.5, 0.6) is 11.5 Å². The lowest BCUT2D eigenvalue weighted by Crippen LogP contribution is -2.21. The van der Waals surface area contributed by atoms with Gasteiger partial charge < -0.3 is 10.2 Å². The van der Waals surface area contributed by atoms with Gasteiger partial charge >= 0.3 is 0 Å². The number of fused-ring (bicyclic) bond motifs is 2. The van der Waals surface area contributed by atoms with Gasteiger partial charge in [-0.1, -0.05) is 24.3 Å². The van der Waals surface area contributed by atoms with Crippen LogP contribution in [0, 0.1) is 5.41 Å². The average molecular weight is 239 g/mol. The number of aromatic hydroxyl groups is 2. The minimum Gasteiger partial charge on any atom is -0.507 e. The van der Waals surface area contributed by atoms with Crippen molar-refractivity contribution in [2.45, 2.75) is 0 Å². The number of hydrogen-bond donors (Lipinski definition) is 3. The molecule has 0 aliphatic heterocycles. The van der Waals surface area contributed by atoms with E-state index in [-0.39, 0.29) is 34.1 Å². The molecule has 0 heterocycles. The zero-order chi connectivity index (χ0) is 12.9. The number of carbonyl (C=O) groups is 1. The van der Waals surface area contributed by atoms with Gasteiger partial charge in [0.15, 0.2) is 5.78 Å². The topological polar surface area (TPSA) is 81.4 Å². The smallest absolute Gasteiger partial charge is 0.198 e. The second-order valence-corrected chi connectivity index (χ2v) is 4.10. The van der Waals surface area contributed by atoms with Crippen molar-refractivity contribution in [1.29, 1.82) is 5.41 Å². The van der Waals surface area contributed by atoms with Crippen LogP contribution in [0.3, 0.4) is 0 Å². The molecule has 0 radical (unpaired) electrons. The van der Waals surface area contributed by atoms with Gasteiger partial charge in [0.2, 0.25) is 0 Å². The summed E-state index contributed by atoms with van der Waals surface area (Å²) in [6.07, 6.45) is 0. The van der Waals surface area contributed by atoms with Crippen molar-refractivity contribution in [3.05, 3.63) is 58.7 Å². The molecule has 0 atom stereocenters. The molecule has 2 aromatic carbocycles. The molecule has 18 heavy (non-hydrogen) atoms. The Kier molecular flexibility index (Phi) is 2.01. The predicted octanol–water partition coefficient (Wildman–Crippen LogP) is 2.06. The van der Waals surface area contributed by atoms with E-state index in [2.05, 4.69) is 0 Å². The van der Waals surface area contributed by atoms with Crippen LogP contribution in [0.25, 0.3) is 0 Å². The van der Waals surface area contributed by atoms with Gasteiger partial charge in [-0.05, 0) is 12.1 Å². The monoisotopic (exact) mass is 239 g/mol. The van der Waals surface area contributed by atoms with Crippen LogP contribution in [0.1, 0.15) is 27.0 Å². The molecule has 4 nitrogen and oxygen atoms in total. The largest absolute Gasteiger partial charge is 0.507 e. The summed E-state index contributed by atoms with van der Waals surface area (Å²) in [5.74, 6) is -0.757. The van der Waals surface area contributed by atoms with Crippen molar-refractivity contribution in [2.24, 2.45) is 0 Å². The van der Waals surface area contributed by atoms with Gasteiger partial charge in [-0.3, -0.25) is 10.2 Å². The third kappa shape index (κ3) is 1.20. The van der Waals surface area contributed by atoms with E-state index in [4.69, 9.17) is 5.41 Å². The lowest BCUT2D eigenvalue weighted by atomic mass is 9.82. The fourth-order valence-electron chi connectivity index (χ4n) is 2.23. The summed E-state index contributed by atoms with van der Waals surface area (Å²) in [5, 5.41) is 27.6. The number of carbonyl (C=O) groups excluding carboxylic acids is 1. The average Bonchev–Trinajstić information content (AvgIpc) is 2.38. The van der Waals surface area contributed by atoms with Crippen LogP contribution in [-0.4, -0.2) is 21.7 Å². The number of ketones is 1. The van der Waals surface area contributed by atoms with Crippen molar-refractivity contribution < 1.29 is 15.0 Å². The highest BCUT2D eigenvalue weighted by Gasteiger charge is 2.31. The molecule has 88 valence electrons. The molecule has 3 N–H and O–H groups in total.